The second kappa shape index (κ2) is 20.6. The van der Waals surface area contributed by atoms with Crippen molar-refractivity contribution in [1.82, 2.24) is 15.0 Å². The van der Waals surface area contributed by atoms with Crippen LogP contribution in [0.3, 0.4) is 0 Å². The minimum atomic E-state index is -4.85. The third-order valence-electron chi connectivity index (χ3n) is 10.1. The zero-order chi connectivity index (χ0) is 45.2. The number of nitrogens with one attached hydrogen (secondary N) is 1. The summed E-state index contributed by atoms with van der Waals surface area (Å²) in [5.41, 5.74) is 5.68. The van der Waals surface area contributed by atoms with Crippen LogP contribution in [-0.4, -0.2) is 76.5 Å². The summed E-state index contributed by atoms with van der Waals surface area (Å²) < 4.78 is 59.8. The van der Waals surface area contributed by atoms with Crippen LogP contribution in [0.15, 0.2) is 121 Å². The van der Waals surface area contributed by atoms with Crippen molar-refractivity contribution < 1.29 is 51.9 Å². The monoisotopic (exact) mass is 892 g/mol. The Balaban J connectivity index is 1.05. The fraction of sp³-hybridized carbons (Fsp3) is 0.229. The minimum Gasteiger partial charge on any atom is -0.490 e. The van der Waals surface area contributed by atoms with Gasteiger partial charge >= 0.3 is 18.1 Å². The van der Waals surface area contributed by atoms with Gasteiger partial charge in [-0.15, -0.1) is 0 Å². The van der Waals surface area contributed by atoms with Gasteiger partial charge in [-0.25, -0.2) is 24.5 Å². The molecular formula is C48H43F3N4O8S. The first-order valence-electron chi connectivity index (χ1n) is 20.2. The predicted molar refractivity (Wildman–Crippen MR) is 237 cm³/mol. The lowest BCUT2D eigenvalue weighted by molar-refractivity contribution is -0.151. The molecule has 0 radical (unpaired) electrons. The minimum absolute atomic E-state index is 0.116. The highest BCUT2D eigenvalue weighted by Gasteiger charge is 2.38. The number of ether oxygens (including phenoxy) is 4. The van der Waals surface area contributed by atoms with Crippen LogP contribution >= 0.6 is 11.3 Å². The number of fused-ring (bicyclic) bond motifs is 2. The van der Waals surface area contributed by atoms with Gasteiger partial charge in [0.15, 0.2) is 17.2 Å². The first kappa shape index (κ1) is 45.3. The van der Waals surface area contributed by atoms with Crippen molar-refractivity contribution in [1.29, 1.82) is 0 Å². The zero-order valence-corrected chi connectivity index (χ0v) is 35.4. The number of thiazole rings is 1. The largest absolute Gasteiger partial charge is 0.490 e. The molecule has 0 saturated carbocycles. The molecule has 5 aromatic carbocycles. The molecule has 0 aliphatic rings. The van der Waals surface area contributed by atoms with Gasteiger partial charge < -0.3 is 34.5 Å². The third-order valence-corrected chi connectivity index (χ3v) is 11.1. The topological polar surface area (TPSA) is 162 Å². The van der Waals surface area contributed by atoms with E-state index >= 15 is 0 Å². The highest BCUT2D eigenvalue weighted by atomic mass is 32.1. The van der Waals surface area contributed by atoms with Crippen LogP contribution in [0.4, 0.5) is 24.0 Å². The van der Waals surface area contributed by atoms with E-state index in [1.54, 1.807) is 55.8 Å². The molecule has 64 heavy (non-hydrogen) atoms. The third kappa shape index (κ3) is 11.8. The number of halogens is 3. The number of esters is 2. The number of aliphatic hydroxyl groups excluding tert-OH is 1. The smallest absolute Gasteiger partial charge is 0.422 e. The van der Waals surface area contributed by atoms with E-state index in [1.165, 1.54) is 11.3 Å². The van der Waals surface area contributed by atoms with Crippen LogP contribution in [-0.2, 0) is 40.0 Å². The van der Waals surface area contributed by atoms with Gasteiger partial charge in [0.1, 0.15) is 35.9 Å². The second-order valence-electron chi connectivity index (χ2n) is 14.6. The summed E-state index contributed by atoms with van der Waals surface area (Å²) in [6.45, 7) is 2.77. The first-order valence-corrected chi connectivity index (χ1v) is 21.0. The van der Waals surface area contributed by atoms with Crippen LogP contribution in [0.25, 0.3) is 32.2 Å². The predicted octanol–water partition coefficient (Wildman–Crippen LogP) is 9.13. The summed E-state index contributed by atoms with van der Waals surface area (Å²) in [6, 6.07) is 31.7. The molecule has 7 aromatic rings. The van der Waals surface area contributed by atoms with E-state index in [2.05, 4.69) is 38.7 Å². The molecule has 0 saturated heterocycles. The van der Waals surface area contributed by atoms with E-state index in [9.17, 15) is 33.0 Å². The molecular weight excluding hydrogens is 850 g/mol. The molecule has 3 N–H and O–H groups in total. The summed E-state index contributed by atoms with van der Waals surface area (Å²) >= 11 is 1.42. The van der Waals surface area contributed by atoms with Crippen LogP contribution in [0.1, 0.15) is 39.3 Å². The Hall–Kier alpha value is -6.72. The number of carbonyl (C=O) groups excluding carboxylic acids is 2. The number of benzene rings is 5. The van der Waals surface area contributed by atoms with Crippen LogP contribution in [0.5, 0.6) is 11.5 Å². The van der Waals surface area contributed by atoms with Gasteiger partial charge in [-0.3, -0.25) is 0 Å². The van der Waals surface area contributed by atoms with Crippen molar-refractivity contribution >= 4 is 55.2 Å². The Morgan fingerprint density at radius 1 is 0.812 bits per heavy atom. The molecule has 0 bridgehead atoms. The number of hydrogen-bond acceptors (Lipinski definition) is 13. The standard InChI is InChI=1S/C48H43F3N4O8S/c1-29(48(49,50)51)45(58)62-26-25-61-37-17-9-31(10-18-37)4-3-30-5-12-33(13-6-30)38-19-21-40(63-46(59)34-14-7-32(8-15-34)11-22-42(56)57)43-44(38)64-47(55-43)53-36-16-20-39-35(27-36)28-52-41(54-39)23-24-60-2/h5-10,12-21,27-28,42,56-57H,1,3-4,11,22-26H2,2H3,(H,53,55). The fourth-order valence-electron chi connectivity index (χ4n) is 6.58. The maximum absolute atomic E-state index is 13.4. The van der Waals surface area contributed by atoms with Crippen molar-refractivity contribution in [3.63, 3.8) is 0 Å². The Morgan fingerprint density at radius 2 is 1.50 bits per heavy atom. The molecule has 0 atom stereocenters. The zero-order valence-electron chi connectivity index (χ0n) is 34.6. The van der Waals surface area contributed by atoms with Gasteiger partial charge in [-0.05, 0) is 96.1 Å². The maximum Gasteiger partial charge on any atom is 0.422 e. The molecule has 0 fully saturated rings. The van der Waals surface area contributed by atoms with Gasteiger partial charge in [-0.1, -0.05) is 66.4 Å². The maximum atomic E-state index is 13.4. The second-order valence-corrected chi connectivity index (χ2v) is 15.6. The van der Waals surface area contributed by atoms with Gasteiger partial charge in [0, 0.05) is 42.8 Å². The van der Waals surface area contributed by atoms with Crippen LogP contribution in [0.2, 0.25) is 0 Å². The van der Waals surface area contributed by atoms with Crippen molar-refractivity contribution in [2.24, 2.45) is 0 Å². The average Bonchev–Trinajstić information content (AvgIpc) is 3.72. The van der Waals surface area contributed by atoms with Crippen molar-refractivity contribution in [3.05, 3.63) is 150 Å². The number of aromatic nitrogens is 3. The summed E-state index contributed by atoms with van der Waals surface area (Å²) in [5, 5.41) is 23.3. The molecule has 330 valence electrons. The number of nitrogens with zero attached hydrogens (tertiary/aromatic N) is 3. The molecule has 0 amide bonds. The lowest BCUT2D eigenvalue weighted by atomic mass is 10.00. The molecule has 2 aromatic heterocycles. The lowest BCUT2D eigenvalue weighted by Gasteiger charge is -2.11. The molecule has 0 aliphatic heterocycles. The first-order chi connectivity index (χ1) is 30.8. The van der Waals surface area contributed by atoms with Gasteiger partial charge in [0.2, 0.25) is 0 Å². The Bertz CT molecular complexity index is 2740. The summed E-state index contributed by atoms with van der Waals surface area (Å²) in [6.07, 6.45) is -1.77. The number of carbonyl (C=O) groups is 2. The molecule has 0 aliphatic carbocycles. The number of aliphatic hydroxyl groups is 2. The van der Waals surface area contributed by atoms with E-state index in [-0.39, 0.29) is 19.6 Å². The van der Waals surface area contributed by atoms with Gasteiger partial charge in [0.05, 0.1) is 22.4 Å². The van der Waals surface area contributed by atoms with Crippen molar-refractivity contribution in [2.75, 3.05) is 32.2 Å². The molecule has 7 rings (SSSR count). The highest BCUT2D eigenvalue weighted by molar-refractivity contribution is 7.22. The van der Waals surface area contributed by atoms with E-state index in [4.69, 9.17) is 19.2 Å². The van der Waals surface area contributed by atoms with E-state index in [0.29, 0.717) is 53.0 Å². The Labute approximate surface area is 370 Å². The number of hydrogen-bond donors (Lipinski definition) is 3. The van der Waals surface area contributed by atoms with Crippen molar-refractivity contribution in [3.8, 4) is 22.6 Å². The Kier molecular flexibility index (Phi) is 14.6. The number of methoxy groups -OCH3 is 1. The van der Waals surface area contributed by atoms with Crippen molar-refractivity contribution in [2.45, 2.75) is 44.6 Å². The van der Waals surface area contributed by atoms with Crippen LogP contribution in [0, 0.1) is 0 Å². The van der Waals surface area contributed by atoms with E-state index < -0.39 is 30.0 Å². The van der Waals surface area contributed by atoms with Gasteiger partial charge in [0.25, 0.3) is 0 Å². The number of aryl methyl sites for hydroxylation is 3. The SMILES string of the molecule is C=C(C(=O)OCCOc1ccc(CCc2ccc(-c3ccc(OC(=O)c4ccc(CCC(O)O)cc4)c4nc(Nc5ccc6nc(CCOC)ncc6c5)sc34)cc2)cc1)C(F)(F)F. The number of rotatable bonds is 19. The average molecular weight is 893 g/mol. The molecule has 0 spiro atoms. The van der Waals surface area contributed by atoms with Gasteiger partial charge in [-0.2, -0.15) is 13.2 Å². The van der Waals surface area contributed by atoms with E-state index in [1.807, 2.05) is 48.5 Å². The lowest BCUT2D eigenvalue weighted by Crippen LogP contribution is -2.22. The number of anilines is 2. The van der Waals surface area contributed by atoms with E-state index in [0.717, 1.165) is 61.9 Å². The molecule has 16 heteroatoms. The summed E-state index contributed by atoms with van der Waals surface area (Å²) in [7, 11) is 1.64. The summed E-state index contributed by atoms with van der Waals surface area (Å²) in [4.78, 5) is 38.9. The molecule has 0 unspecified atom stereocenters. The van der Waals surface area contributed by atoms with Crippen LogP contribution < -0.4 is 14.8 Å². The number of alkyl halides is 3. The highest BCUT2D eigenvalue weighted by Crippen LogP contribution is 2.41. The normalized spacial score (nSPS) is 11.5. The summed E-state index contributed by atoms with van der Waals surface area (Å²) in [5.74, 6) is -0.620. The quantitative estimate of drug-likeness (QED) is 0.0233. The Morgan fingerprint density at radius 3 is 2.19 bits per heavy atom. The molecule has 2 heterocycles. The fourth-order valence-corrected chi connectivity index (χ4v) is 7.62. The molecule has 12 nitrogen and oxygen atoms in total.